The summed E-state index contributed by atoms with van der Waals surface area (Å²) in [5.41, 5.74) is 4.13. The summed E-state index contributed by atoms with van der Waals surface area (Å²) in [6.07, 6.45) is 1.08. The van der Waals surface area contributed by atoms with E-state index < -0.39 is 0 Å². The summed E-state index contributed by atoms with van der Waals surface area (Å²) in [6, 6.07) is 19.4. The number of hydrogen-bond acceptors (Lipinski definition) is 4. The van der Waals surface area contributed by atoms with Crippen LogP contribution in [-0.4, -0.2) is 40.5 Å². The Morgan fingerprint density at radius 2 is 1.85 bits per heavy atom. The molecule has 1 aliphatic heterocycles. The smallest absolute Gasteiger partial charge is 0.214 e. The molecule has 1 unspecified atom stereocenters. The minimum absolute atomic E-state index is 0.108. The van der Waals surface area contributed by atoms with E-state index >= 15 is 0 Å². The summed E-state index contributed by atoms with van der Waals surface area (Å²) < 4.78 is 7.11. The molecule has 0 saturated carbocycles. The summed E-state index contributed by atoms with van der Waals surface area (Å²) in [5, 5.41) is 12.6. The Labute approximate surface area is 153 Å². The second-order valence-electron chi connectivity index (χ2n) is 6.70. The van der Waals surface area contributed by atoms with Gasteiger partial charge < -0.3 is 9.64 Å². The van der Waals surface area contributed by atoms with Crippen LogP contribution >= 0.6 is 0 Å². The van der Waals surface area contributed by atoms with Gasteiger partial charge in [-0.1, -0.05) is 54.6 Å². The van der Waals surface area contributed by atoms with Crippen LogP contribution in [-0.2, 0) is 24.2 Å². The van der Waals surface area contributed by atoms with Crippen molar-refractivity contribution in [3.8, 4) is 0 Å². The minimum Gasteiger partial charge on any atom is -0.383 e. The number of fused-ring (bicyclic) bond motifs is 1. The highest BCUT2D eigenvalue weighted by atomic mass is 16.5. The SMILES string of the molecule is COCCn1nnnc1[C@@H](c1ccccc1)[NH+]1CCc2ccccc2C1. The highest BCUT2D eigenvalue weighted by Crippen LogP contribution is 2.20. The molecule has 3 aromatic rings. The maximum absolute atomic E-state index is 5.22. The third-order valence-corrected chi connectivity index (χ3v) is 5.12. The van der Waals surface area contributed by atoms with Crippen molar-refractivity contribution in [3.63, 3.8) is 0 Å². The minimum atomic E-state index is 0.108. The zero-order valence-corrected chi connectivity index (χ0v) is 15.0. The Kier molecular flexibility index (Phi) is 5.04. The highest BCUT2D eigenvalue weighted by molar-refractivity contribution is 5.28. The van der Waals surface area contributed by atoms with Crippen LogP contribution < -0.4 is 4.90 Å². The molecule has 2 heterocycles. The molecule has 6 heteroatoms. The zero-order chi connectivity index (χ0) is 17.8. The number of hydrogen-bond donors (Lipinski definition) is 1. The number of ether oxygens (including phenoxy) is 1. The first kappa shape index (κ1) is 16.9. The standard InChI is InChI=1S/C20H23N5O/c1-26-14-13-25-20(21-22-23-25)19(17-8-3-2-4-9-17)24-12-11-16-7-5-6-10-18(16)15-24/h2-10,19H,11-15H2,1H3/p+1/t19-/m1/s1. The molecule has 0 amide bonds. The third-order valence-electron chi connectivity index (χ3n) is 5.12. The second kappa shape index (κ2) is 7.76. The first-order valence-corrected chi connectivity index (χ1v) is 9.08. The molecule has 6 nitrogen and oxygen atoms in total. The van der Waals surface area contributed by atoms with Crippen LogP contribution in [0.3, 0.4) is 0 Å². The van der Waals surface area contributed by atoms with Gasteiger partial charge in [0.1, 0.15) is 6.54 Å². The van der Waals surface area contributed by atoms with Gasteiger partial charge in [0, 0.05) is 24.7 Å². The fraction of sp³-hybridized carbons (Fsp3) is 0.350. The van der Waals surface area contributed by atoms with Crippen molar-refractivity contribution in [2.45, 2.75) is 25.6 Å². The maximum atomic E-state index is 5.22. The van der Waals surface area contributed by atoms with Crippen molar-refractivity contribution in [3.05, 3.63) is 77.1 Å². The van der Waals surface area contributed by atoms with Crippen LogP contribution in [0.5, 0.6) is 0 Å². The number of tetrazole rings is 1. The molecular weight excluding hydrogens is 326 g/mol. The lowest BCUT2D eigenvalue weighted by atomic mass is 9.96. The summed E-state index contributed by atoms with van der Waals surface area (Å²) in [5.74, 6) is 0.905. The van der Waals surface area contributed by atoms with E-state index in [0.717, 1.165) is 25.3 Å². The van der Waals surface area contributed by atoms with Gasteiger partial charge in [-0.05, 0) is 16.0 Å². The summed E-state index contributed by atoms with van der Waals surface area (Å²) >= 11 is 0. The summed E-state index contributed by atoms with van der Waals surface area (Å²) in [6.45, 7) is 3.30. The normalized spacial score (nSPS) is 17.7. The predicted octanol–water partition coefficient (Wildman–Crippen LogP) is 1.05. The number of methoxy groups -OCH3 is 1. The average molecular weight is 350 g/mol. The van der Waals surface area contributed by atoms with Gasteiger partial charge >= 0.3 is 0 Å². The average Bonchev–Trinajstić information content (AvgIpc) is 3.15. The second-order valence-corrected chi connectivity index (χ2v) is 6.70. The van der Waals surface area contributed by atoms with Crippen molar-refractivity contribution in [2.24, 2.45) is 0 Å². The molecule has 0 bridgehead atoms. The molecular formula is C20H24N5O+. The quantitative estimate of drug-likeness (QED) is 0.722. The van der Waals surface area contributed by atoms with E-state index in [4.69, 9.17) is 4.74 Å². The van der Waals surface area contributed by atoms with Gasteiger partial charge in [0.2, 0.25) is 5.82 Å². The summed E-state index contributed by atoms with van der Waals surface area (Å²) in [7, 11) is 1.70. The Balaban J connectivity index is 1.70. The van der Waals surface area contributed by atoms with Gasteiger partial charge in [-0.25, -0.2) is 4.68 Å². The molecule has 1 aromatic heterocycles. The Morgan fingerprint density at radius 1 is 1.08 bits per heavy atom. The molecule has 1 N–H and O–H groups in total. The number of nitrogens with one attached hydrogen (secondary N) is 1. The summed E-state index contributed by atoms with van der Waals surface area (Å²) in [4.78, 5) is 1.48. The molecule has 0 saturated heterocycles. The van der Waals surface area contributed by atoms with Crippen LogP contribution in [0.4, 0.5) is 0 Å². The van der Waals surface area contributed by atoms with Crippen molar-refractivity contribution < 1.29 is 9.64 Å². The largest absolute Gasteiger partial charge is 0.383 e. The molecule has 0 aliphatic carbocycles. The first-order valence-electron chi connectivity index (χ1n) is 9.08. The highest BCUT2D eigenvalue weighted by Gasteiger charge is 2.33. The molecule has 2 aromatic carbocycles. The molecule has 1 aliphatic rings. The van der Waals surface area contributed by atoms with Crippen LogP contribution in [0.1, 0.15) is 28.6 Å². The molecule has 4 rings (SSSR count). The van der Waals surface area contributed by atoms with Crippen molar-refractivity contribution in [2.75, 3.05) is 20.3 Å². The maximum Gasteiger partial charge on any atom is 0.214 e. The molecule has 0 radical (unpaired) electrons. The fourth-order valence-electron chi connectivity index (χ4n) is 3.82. The Hall–Kier alpha value is -2.57. The van der Waals surface area contributed by atoms with E-state index in [9.17, 15) is 0 Å². The molecule has 134 valence electrons. The van der Waals surface area contributed by atoms with Gasteiger partial charge in [0.05, 0.1) is 19.7 Å². The van der Waals surface area contributed by atoms with Crippen molar-refractivity contribution in [1.82, 2.24) is 20.2 Å². The predicted molar refractivity (Wildman–Crippen MR) is 97.7 cm³/mol. The number of rotatable bonds is 6. The van der Waals surface area contributed by atoms with E-state index in [1.807, 2.05) is 4.68 Å². The van der Waals surface area contributed by atoms with E-state index in [1.165, 1.54) is 21.6 Å². The van der Waals surface area contributed by atoms with Crippen LogP contribution in [0.15, 0.2) is 54.6 Å². The van der Waals surface area contributed by atoms with Gasteiger partial charge in [0.25, 0.3) is 0 Å². The van der Waals surface area contributed by atoms with E-state index in [1.54, 1.807) is 7.11 Å². The van der Waals surface area contributed by atoms with Crippen LogP contribution in [0, 0.1) is 0 Å². The van der Waals surface area contributed by atoms with Gasteiger partial charge in [0.15, 0.2) is 6.04 Å². The van der Waals surface area contributed by atoms with Gasteiger partial charge in [-0.2, -0.15) is 0 Å². The lowest BCUT2D eigenvalue weighted by Crippen LogP contribution is -3.12. The van der Waals surface area contributed by atoms with Crippen molar-refractivity contribution in [1.29, 1.82) is 0 Å². The fourth-order valence-corrected chi connectivity index (χ4v) is 3.82. The number of quaternary nitrogens is 1. The molecule has 2 atom stereocenters. The third kappa shape index (κ3) is 3.38. The topological polar surface area (TPSA) is 57.3 Å². The zero-order valence-electron chi connectivity index (χ0n) is 15.0. The van der Waals surface area contributed by atoms with Gasteiger partial charge in [-0.3, -0.25) is 0 Å². The lowest BCUT2D eigenvalue weighted by molar-refractivity contribution is -0.941. The first-order chi connectivity index (χ1) is 12.9. The Bertz CT molecular complexity index is 848. The van der Waals surface area contributed by atoms with Crippen molar-refractivity contribution >= 4 is 0 Å². The van der Waals surface area contributed by atoms with Crippen LogP contribution in [0.25, 0.3) is 0 Å². The lowest BCUT2D eigenvalue weighted by Gasteiger charge is -2.32. The number of benzene rings is 2. The van der Waals surface area contributed by atoms with Crippen LogP contribution in [0.2, 0.25) is 0 Å². The number of nitrogens with zero attached hydrogens (tertiary/aromatic N) is 4. The molecule has 0 spiro atoms. The molecule has 26 heavy (non-hydrogen) atoms. The number of aromatic nitrogens is 4. The van der Waals surface area contributed by atoms with E-state index in [0.29, 0.717) is 13.2 Å². The Morgan fingerprint density at radius 3 is 2.65 bits per heavy atom. The molecule has 0 fully saturated rings. The van der Waals surface area contributed by atoms with Gasteiger partial charge in [-0.15, -0.1) is 5.10 Å². The van der Waals surface area contributed by atoms with E-state index in [-0.39, 0.29) is 6.04 Å². The van der Waals surface area contributed by atoms with E-state index in [2.05, 4.69) is 70.1 Å². The monoisotopic (exact) mass is 350 g/mol.